The van der Waals surface area contributed by atoms with Crippen molar-refractivity contribution in [1.29, 1.82) is 0 Å². The van der Waals surface area contributed by atoms with E-state index < -0.39 is 0 Å². The number of rotatable bonds is 5. The number of ether oxygens (including phenoxy) is 2. The topological polar surface area (TPSA) is 64.8 Å². The summed E-state index contributed by atoms with van der Waals surface area (Å²) in [7, 11) is 0. The third kappa shape index (κ3) is 3.68. The van der Waals surface area contributed by atoms with Crippen LogP contribution in [0.1, 0.15) is 41.2 Å². The van der Waals surface area contributed by atoms with Crippen molar-refractivity contribution in [2.75, 3.05) is 6.79 Å². The fourth-order valence-corrected chi connectivity index (χ4v) is 2.87. The van der Waals surface area contributed by atoms with Crippen molar-refractivity contribution in [3.8, 4) is 11.5 Å². The number of benzene rings is 1. The minimum atomic E-state index is -0.287. The van der Waals surface area contributed by atoms with E-state index >= 15 is 0 Å². The number of fused-ring (bicyclic) bond motifs is 1. The third-order valence-electron chi connectivity index (χ3n) is 4.17. The number of hydrogen-bond donors (Lipinski definition) is 1. The van der Waals surface area contributed by atoms with Gasteiger partial charge in [0.15, 0.2) is 11.5 Å². The van der Waals surface area contributed by atoms with Crippen molar-refractivity contribution >= 4 is 12.1 Å². The van der Waals surface area contributed by atoms with E-state index in [0.717, 1.165) is 17.8 Å². The van der Waals surface area contributed by atoms with Gasteiger partial charge in [0, 0.05) is 29.1 Å². The number of hydrogen-bond acceptors (Lipinski definition) is 4. The van der Waals surface area contributed by atoms with Crippen LogP contribution in [0.15, 0.2) is 29.4 Å². The van der Waals surface area contributed by atoms with Gasteiger partial charge in [0.25, 0.3) is 5.91 Å². The van der Waals surface area contributed by atoms with E-state index in [9.17, 15) is 4.79 Å². The van der Waals surface area contributed by atoms with Crippen LogP contribution in [0, 0.1) is 19.8 Å². The SMILES string of the molecule is Cc1cc(/C=N/NC(=O)c2ccc3c(c2)OCO3)c(C)n1CC(C)C. The van der Waals surface area contributed by atoms with Crippen molar-refractivity contribution in [1.82, 2.24) is 9.99 Å². The van der Waals surface area contributed by atoms with E-state index in [1.165, 1.54) is 5.69 Å². The lowest BCUT2D eigenvalue weighted by Crippen LogP contribution is -2.17. The fourth-order valence-electron chi connectivity index (χ4n) is 2.87. The summed E-state index contributed by atoms with van der Waals surface area (Å²) in [6.07, 6.45) is 1.68. The van der Waals surface area contributed by atoms with Gasteiger partial charge >= 0.3 is 0 Å². The normalized spacial score (nSPS) is 13.0. The van der Waals surface area contributed by atoms with Gasteiger partial charge in [-0.15, -0.1) is 0 Å². The molecule has 1 aromatic carbocycles. The second kappa shape index (κ2) is 7.01. The van der Waals surface area contributed by atoms with E-state index in [1.807, 2.05) is 0 Å². The molecule has 0 atom stereocenters. The Hall–Kier alpha value is -2.76. The van der Waals surface area contributed by atoms with Crippen LogP contribution in [0.2, 0.25) is 0 Å². The molecule has 6 nitrogen and oxygen atoms in total. The number of carbonyl (C=O) groups excluding carboxylic acids is 1. The summed E-state index contributed by atoms with van der Waals surface area (Å²) in [5, 5.41) is 4.10. The molecule has 2 aromatic rings. The van der Waals surface area contributed by atoms with Gasteiger partial charge in [-0.1, -0.05) is 13.8 Å². The molecular formula is C19H23N3O3. The maximum Gasteiger partial charge on any atom is 0.271 e. The first-order valence-corrected chi connectivity index (χ1v) is 8.35. The van der Waals surface area contributed by atoms with E-state index in [1.54, 1.807) is 24.4 Å². The van der Waals surface area contributed by atoms with E-state index in [0.29, 0.717) is 23.0 Å². The number of hydrazone groups is 1. The highest BCUT2D eigenvalue weighted by molar-refractivity contribution is 5.95. The molecule has 0 fully saturated rings. The van der Waals surface area contributed by atoms with Gasteiger partial charge in [0.2, 0.25) is 6.79 Å². The molecule has 0 unspecified atom stereocenters. The average molecular weight is 341 g/mol. The van der Waals surface area contributed by atoms with E-state index in [-0.39, 0.29) is 12.7 Å². The Bertz CT molecular complexity index is 822. The molecule has 0 spiro atoms. The Morgan fingerprint density at radius 2 is 2.04 bits per heavy atom. The molecule has 0 saturated carbocycles. The highest BCUT2D eigenvalue weighted by Gasteiger charge is 2.16. The molecule has 3 rings (SSSR count). The zero-order valence-corrected chi connectivity index (χ0v) is 15.0. The van der Waals surface area contributed by atoms with Crippen molar-refractivity contribution < 1.29 is 14.3 Å². The van der Waals surface area contributed by atoms with Crippen LogP contribution in [-0.4, -0.2) is 23.5 Å². The van der Waals surface area contributed by atoms with E-state index in [4.69, 9.17) is 9.47 Å². The molecule has 25 heavy (non-hydrogen) atoms. The predicted molar refractivity (Wildman–Crippen MR) is 96.4 cm³/mol. The number of amides is 1. The second-order valence-corrected chi connectivity index (χ2v) is 6.60. The zero-order valence-electron chi connectivity index (χ0n) is 15.0. The molecule has 6 heteroatoms. The minimum Gasteiger partial charge on any atom is -0.454 e. The monoisotopic (exact) mass is 341 g/mol. The van der Waals surface area contributed by atoms with Gasteiger partial charge in [-0.05, 0) is 44.0 Å². The highest BCUT2D eigenvalue weighted by Crippen LogP contribution is 2.32. The van der Waals surface area contributed by atoms with Crippen LogP contribution in [-0.2, 0) is 6.54 Å². The quantitative estimate of drug-likeness (QED) is 0.671. The molecule has 0 saturated heterocycles. The molecule has 1 N–H and O–H groups in total. The number of aryl methyl sites for hydroxylation is 1. The summed E-state index contributed by atoms with van der Waals surface area (Å²) in [6.45, 7) is 9.68. The Labute approximate surface area is 147 Å². The maximum absolute atomic E-state index is 12.2. The average Bonchev–Trinajstić information content (AvgIpc) is 3.14. The van der Waals surface area contributed by atoms with Crippen molar-refractivity contribution in [3.05, 3.63) is 46.8 Å². The van der Waals surface area contributed by atoms with Gasteiger partial charge in [0.05, 0.1) is 6.21 Å². The predicted octanol–water partition coefficient (Wildman–Crippen LogP) is 3.25. The molecule has 1 amide bonds. The summed E-state index contributed by atoms with van der Waals surface area (Å²) in [5.74, 6) is 1.51. The van der Waals surface area contributed by atoms with Gasteiger partial charge in [-0.3, -0.25) is 4.79 Å². The van der Waals surface area contributed by atoms with Gasteiger partial charge in [-0.25, -0.2) is 5.43 Å². The molecular weight excluding hydrogens is 318 g/mol. The Kier molecular flexibility index (Phi) is 4.79. The third-order valence-corrected chi connectivity index (χ3v) is 4.17. The molecule has 0 aliphatic carbocycles. The molecule has 1 aromatic heterocycles. The first kappa shape index (κ1) is 17.1. The van der Waals surface area contributed by atoms with Gasteiger partial charge < -0.3 is 14.0 Å². The standard InChI is InChI=1S/C19H23N3O3/c1-12(2)10-22-13(3)7-16(14(22)4)9-20-21-19(23)15-5-6-17-18(8-15)25-11-24-17/h5-9,12H,10-11H2,1-4H3,(H,21,23)/b20-9+. The number of carbonyl (C=O) groups is 1. The fraction of sp³-hybridized carbons (Fsp3) is 0.368. The summed E-state index contributed by atoms with van der Waals surface area (Å²) < 4.78 is 12.8. The van der Waals surface area contributed by atoms with Crippen molar-refractivity contribution in [3.63, 3.8) is 0 Å². The first-order valence-electron chi connectivity index (χ1n) is 8.35. The van der Waals surface area contributed by atoms with Crippen molar-refractivity contribution in [2.45, 2.75) is 34.2 Å². The van der Waals surface area contributed by atoms with Gasteiger partial charge in [-0.2, -0.15) is 5.10 Å². The summed E-state index contributed by atoms with van der Waals surface area (Å²) in [4.78, 5) is 12.2. The summed E-state index contributed by atoms with van der Waals surface area (Å²) in [6, 6.07) is 7.14. The highest BCUT2D eigenvalue weighted by atomic mass is 16.7. The molecule has 1 aliphatic rings. The van der Waals surface area contributed by atoms with Crippen LogP contribution in [0.25, 0.3) is 0 Å². The lowest BCUT2D eigenvalue weighted by atomic mass is 10.2. The maximum atomic E-state index is 12.2. The van der Waals surface area contributed by atoms with Crippen LogP contribution in [0.5, 0.6) is 11.5 Å². The Morgan fingerprint density at radius 3 is 2.80 bits per heavy atom. The Balaban J connectivity index is 1.68. The lowest BCUT2D eigenvalue weighted by molar-refractivity contribution is 0.0954. The smallest absolute Gasteiger partial charge is 0.271 e. The van der Waals surface area contributed by atoms with Crippen LogP contribution in [0.3, 0.4) is 0 Å². The molecule has 0 bridgehead atoms. The number of nitrogens with zero attached hydrogens (tertiary/aromatic N) is 2. The molecule has 0 radical (unpaired) electrons. The van der Waals surface area contributed by atoms with Crippen LogP contribution >= 0.6 is 0 Å². The molecule has 132 valence electrons. The molecule has 1 aliphatic heterocycles. The van der Waals surface area contributed by atoms with Crippen LogP contribution < -0.4 is 14.9 Å². The summed E-state index contributed by atoms with van der Waals surface area (Å²) >= 11 is 0. The number of nitrogens with one attached hydrogen (secondary N) is 1. The van der Waals surface area contributed by atoms with Crippen LogP contribution in [0.4, 0.5) is 0 Å². The van der Waals surface area contributed by atoms with Gasteiger partial charge in [0.1, 0.15) is 0 Å². The molecule has 2 heterocycles. The summed E-state index contributed by atoms with van der Waals surface area (Å²) in [5.41, 5.74) is 6.38. The first-order chi connectivity index (χ1) is 12.0. The Morgan fingerprint density at radius 1 is 1.28 bits per heavy atom. The second-order valence-electron chi connectivity index (χ2n) is 6.60. The lowest BCUT2D eigenvalue weighted by Gasteiger charge is -2.11. The number of aromatic nitrogens is 1. The minimum absolute atomic E-state index is 0.185. The van der Waals surface area contributed by atoms with E-state index in [2.05, 4.69) is 48.9 Å². The zero-order chi connectivity index (χ0) is 18.0. The van der Waals surface area contributed by atoms with Crippen molar-refractivity contribution in [2.24, 2.45) is 11.0 Å². The largest absolute Gasteiger partial charge is 0.454 e.